The number of hydrogen-bond donors (Lipinski definition) is 3. The van der Waals surface area contributed by atoms with Gasteiger partial charge in [0.2, 0.25) is 0 Å². The van der Waals surface area contributed by atoms with Gasteiger partial charge in [-0.1, -0.05) is 59.6 Å². The van der Waals surface area contributed by atoms with Crippen LogP contribution in [0.5, 0.6) is 0 Å². The molecule has 0 spiro atoms. The molecule has 0 radical (unpaired) electrons. The van der Waals surface area contributed by atoms with E-state index in [4.69, 9.17) is 23.2 Å². The van der Waals surface area contributed by atoms with E-state index in [1.54, 1.807) is 18.2 Å². The SMILES string of the molecule is O=C(O)c1[nH]c2cc(Cl)cc(Cl)c2c1/C=C1\CNN(c2cccc3ccccc23)C1=O. The van der Waals surface area contributed by atoms with Gasteiger partial charge in [0.25, 0.3) is 5.91 Å². The minimum absolute atomic E-state index is 0.0527. The van der Waals surface area contributed by atoms with Crippen molar-refractivity contribution in [3.05, 3.63) is 81.5 Å². The third kappa shape index (κ3) is 3.25. The molecule has 1 saturated heterocycles. The molecule has 0 unspecified atom stereocenters. The molecule has 1 amide bonds. The van der Waals surface area contributed by atoms with Crippen LogP contribution in [-0.4, -0.2) is 28.5 Å². The Labute approximate surface area is 186 Å². The number of aromatic nitrogens is 1. The van der Waals surface area contributed by atoms with E-state index < -0.39 is 5.97 Å². The molecule has 31 heavy (non-hydrogen) atoms. The lowest BCUT2D eigenvalue weighted by Crippen LogP contribution is -2.34. The number of hydrazine groups is 1. The fourth-order valence-electron chi connectivity index (χ4n) is 3.93. The van der Waals surface area contributed by atoms with Crippen LogP contribution in [-0.2, 0) is 4.79 Å². The molecule has 0 aliphatic carbocycles. The van der Waals surface area contributed by atoms with Gasteiger partial charge in [-0.15, -0.1) is 0 Å². The normalized spacial score (nSPS) is 15.5. The quantitative estimate of drug-likeness (QED) is 0.370. The standard InChI is InChI=1S/C23H15Cl2N3O3/c24-14-9-17(25)20-16(21(23(30)31)27-18(20)10-14)8-13-11-26-28(22(13)29)19-7-3-5-12-4-1-2-6-15(12)19/h1-10,26-27H,11H2,(H,30,31)/b13-8+. The molecule has 1 aliphatic rings. The summed E-state index contributed by atoms with van der Waals surface area (Å²) >= 11 is 12.4. The van der Waals surface area contributed by atoms with Crippen molar-refractivity contribution in [2.75, 3.05) is 11.6 Å². The van der Waals surface area contributed by atoms with E-state index in [2.05, 4.69) is 10.4 Å². The molecule has 0 atom stereocenters. The Morgan fingerprint density at radius 2 is 1.87 bits per heavy atom. The smallest absolute Gasteiger partial charge is 0.352 e. The largest absolute Gasteiger partial charge is 0.477 e. The number of benzene rings is 3. The highest BCUT2D eigenvalue weighted by molar-refractivity contribution is 6.39. The lowest BCUT2D eigenvalue weighted by atomic mass is 10.1. The third-order valence-electron chi connectivity index (χ3n) is 5.30. The zero-order valence-electron chi connectivity index (χ0n) is 15.9. The average molecular weight is 452 g/mol. The maximum atomic E-state index is 13.2. The highest BCUT2D eigenvalue weighted by Gasteiger charge is 2.29. The van der Waals surface area contributed by atoms with Crippen LogP contribution in [0.25, 0.3) is 27.8 Å². The first-order valence-electron chi connectivity index (χ1n) is 9.44. The van der Waals surface area contributed by atoms with Crippen molar-refractivity contribution in [1.29, 1.82) is 0 Å². The van der Waals surface area contributed by atoms with Gasteiger partial charge in [-0.25, -0.2) is 15.2 Å². The summed E-state index contributed by atoms with van der Waals surface area (Å²) in [6, 6.07) is 16.7. The van der Waals surface area contributed by atoms with Crippen molar-refractivity contribution < 1.29 is 14.7 Å². The van der Waals surface area contributed by atoms with Crippen molar-refractivity contribution in [2.24, 2.45) is 0 Å². The first-order chi connectivity index (χ1) is 14.9. The van der Waals surface area contributed by atoms with Crippen LogP contribution < -0.4 is 10.4 Å². The monoisotopic (exact) mass is 451 g/mol. The Bertz CT molecular complexity index is 1420. The second-order valence-corrected chi connectivity index (χ2v) is 8.02. The van der Waals surface area contributed by atoms with Gasteiger partial charge in [0.15, 0.2) is 0 Å². The number of carboxylic acids is 1. The molecule has 1 aliphatic heterocycles. The summed E-state index contributed by atoms with van der Waals surface area (Å²) in [5.41, 5.74) is 5.03. The van der Waals surface area contributed by atoms with Crippen LogP contribution in [0.15, 0.2) is 60.2 Å². The summed E-state index contributed by atoms with van der Waals surface area (Å²) in [4.78, 5) is 27.9. The Hall–Kier alpha value is -3.32. The van der Waals surface area contributed by atoms with E-state index in [-0.39, 0.29) is 18.1 Å². The topological polar surface area (TPSA) is 85.4 Å². The number of halogens is 2. The van der Waals surface area contributed by atoms with Crippen LogP contribution in [0.2, 0.25) is 10.0 Å². The zero-order valence-corrected chi connectivity index (χ0v) is 17.5. The fraction of sp³-hybridized carbons (Fsp3) is 0.0435. The number of amides is 1. The third-order valence-corrected chi connectivity index (χ3v) is 5.82. The molecule has 8 heteroatoms. The van der Waals surface area contributed by atoms with Gasteiger partial charge in [-0.2, -0.15) is 0 Å². The summed E-state index contributed by atoms with van der Waals surface area (Å²) in [5.74, 6) is -1.41. The summed E-state index contributed by atoms with van der Waals surface area (Å²) in [7, 11) is 0. The van der Waals surface area contributed by atoms with Gasteiger partial charge >= 0.3 is 5.97 Å². The van der Waals surface area contributed by atoms with Crippen LogP contribution in [0, 0.1) is 0 Å². The van der Waals surface area contributed by atoms with Gasteiger partial charge in [0, 0.05) is 39.0 Å². The second-order valence-electron chi connectivity index (χ2n) is 7.17. The molecular weight excluding hydrogens is 437 g/mol. The molecule has 0 saturated carbocycles. The average Bonchev–Trinajstić information content (AvgIpc) is 3.29. The number of nitrogens with one attached hydrogen (secondary N) is 2. The van der Waals surface area contributed by atoms with Crippen molar-refractivity contribution in [2.45, 2.75) is 0 Å². The van der Waals surface area contributed by atoms with E-state index in [1.165, 1.54) is 5.01 Å². The number of carboxylic acid groups (broad SMARTS) is 1. The lowest BCUT2D eigenvalue weighted by molar-refractivity contribution is -0.114. The Balaban J connectivity index is 1.62. The maximum absolute atomic E-state index is 13.2. The van der Waals surface area contributed by atoms with Gasteiger partial charge in [0.1, 0.15) is 5.69 Å². The van der Waals surface area contributed by atoms with Crippen LogP contribution in [0.4, 0.5) is 5.69 Å². The van der Waals surface area contributed by atoms with E-state index in [0.717, 1.165) is 16.5 Å². The van der Waals surface area contributed by atoms with Crippen molar-refractivity contribution in [3.63, 3.8) is 0 Å². The van der Waals surface area contributed by atoms with Crippen LogP contribution >= 0.6 is 23.2 Å². The van der Waals surface area contributed by atoms with E-state index in [9.17, 15) is 14.7 Å². The van der Waals surface area contributed by atoms with Gasteiger partial charge in [-0.3, -0.25) is 4.79 Å². The van der Waals surface area contributed by atoms with E-state index >= 15 is 0 Å². The number of nitrogens with zero attached hydrogens (tertiary/aromatic N) is 1. The molecule has 6 nitrogen and oxygen atoms in total. The molecule has 5 rings (SSSR count). The van der Waals surface area contributed by atoms with E-state index in [1.807, 2.05) is 42.5 Å². The second kappa shape index (κ2) is 7.42. The predicted octanol–water partition coefficient (Wildman–Crippen LogP) is 5.26. The molecule has 1 fully saturated rings. The first kappa shape index (κ1) is 19.6. The highest BCUT2D eigenvalue weighted by Crippen LogP contribution is 2.35. The van der Waals surface area contributed by atoms with Gasteiger partial charge in [-0.05, 0) is 29.7 Å². The van der Waals surface area contributed by atoms with Crippen molar-refractivity contribution in [3.8, 4) is 0 Å². The maximum Gasteiger partial charge on any atom is 0.352 e. The summed E-state index contributed by atoms with van der Waals surface area (Å²) in [6.07, 6.45) is 1.57. The van der Waals surface area contributed by atoms with Crippen molar-refractivity contribution in [1.82, 2.24) is 10.4 Å². The summed E-state index contributed by atoms with van der Waals surface area (Å²) < 4.78 is 0. The summed E-state index contributed by atoms with van der Waals surface area (Å²) in [5, 5.41) is 14.3. The van der Waals surface area contributed by atoms with Crippen LogP contribution in [0.3, 0.4) is 0 Å². The molecule has 154 valence electrons. The Morgan fingerprint density at radius 1 is 1.10 bits per heavy atom. The number of H-pyrrole nitrogens is 1. The van der Waals surface area contributed by atoms with Crippen LogP contribution in [0.1, 0.15) is 16.1 Å². The minimum Gasteiger partial charge on any atom is -0.477 e. The molecule has 1 aromatic heterocycles. The molecular formula is C23H15Cl2N3O3. The molecule has 4 aromatic rings. The van der Waals surface area contributed by atoms with Crippen molar-refractivity contribution >= 4 is 68.5 Å². The number of fused-ring (bicyclic) bond motifs is 2. The number of aromatic carboxylic acids is 1. The summed E-state index contributed by atoms with van der Waals surface area (Å²) in [6.45, 7) is 0.249. The Kier molecular flexibility index (Phi) is 4.70. The zero-order chi connectivity index (χ0) is 21.7. The number of aromatic amines is 1. The molecule has 2 heterocycles. The first-order valence-corrected chi connectivity index (χ1v) is 10.2. The molecule has 0 bridgehead atoms. The van der Waals surface area contributed by atoms with Gasteiger partial charge < -0.3 is 10.1 Å². The van der Waals surface area contributed by atoms with Gasteiger partial charge in [0.05, 0.1) is 10.7 Å². The molecule has 3 N–H and O–H groups in total. The minimum atomic E-state index is -1.15. The number of rotatable bonds is 3. The number of carbonyl (C=O) groups excluding carboxylic acids is 1. The lowest BCUT2D eigenvalue weighted by Gasteiger charge is -2.17. The Morgan fingerprint density at radius 3 is 2.68 bits per heavy atom. The number of hydrogen-bond acceptors (Lipinski definition) is 3. The fourth-order valence-corrected chi connectivity index (χ4v) is 4.52. The number of anilines is 1. The predicted molar refractivity (Wildman–Crippen MR) is 123 cm³/mol. The van der Waals surface area contributed by atoms with E-state index in [0.29, 0.717) is 32.1 Å². The highest BCUT2D eigenvalue weighted by atomic mass is 35.5. The number of carbonyl (C=O) groups is 2. The molecule has 3 aromatic carbocycles.